The van der Waals surface area contributed by atoms with Gasteiger partial charge in [0, 0.05) is 19.7 Å². The first-order chi connectivity index (χ1) is 8.90. The van der Waals surface area contributed by atoms with Gasteiger partial charge in [0.25, 0.3) is 0 Å². The van der Waals surface area contributed by atoms with E-state index in [1.54, 1.807) is 12.1 Å². The van der Waals surface area contributed by atoms with E-state index in [4.69, 9.17) is 4.74 Å². The number of carbonyl (C=O) groups is 1. The van der Waals surface area contributed by atoms with Crippen molar-refractivity contribution in [2.24, 2.45) is 0 Å². The van der Waals surface area contributed by atoms with Crippen LogP contribution in [-0.2, 0) is 10.2 Å². The number of hydrogen-bond acceptors (Lipinski definition) is 3. The number of nitrogens with zero attached hydrogens (tertiary/aromatic N) is 1. The van der Waals surface area contributed by atoms with Crippen LogP contribution in [0, 0.1) is 13.8 Å². The molecule has 4 nitrogen and oxygen atoms in total. The minimum Gasteiger partial charge on any atom is -0.496 e. The number of nitrogens with one attached hydrogen (secondary N) is 1. The molecule has 1 fully saturated rings. The van der Waals surface area contributed by atoms with Gasteiger partial charge in [-0.3, -0.25) is 10.2 Å². The van der Waals surface area contributed by atoms with Crippen LogP contribution in [0.25, 0.3) is 0 Å². The summed E-state index contributed by atoms with van der Waals surface area (Å²) in [6, 6.07) is 4.12. The summed E-state index contributed by atoms with van der Waals surface area (Å²) in [5, 5.41) is 1.69. The zero-order valence-electron chi connectivity index (χ0n) is 12.3. The Kier molecular flexibility index (Phi) is 3.54. The molecule has 0 aliphatic heterocycles. The quantitative estimate of drug-likeness (QED) is 0.843. The number of benzene rings is 1. The molecule has 0 aromatic heterocycles. The van der Waals surface area contributed by atoms with Crippen molar-refractivity contribution in [1.29, 1.82) is 0 Å². The van der Waals surface area contributed by atoms with Gasteiger partial charge in [-0.2, -0.15) is 0 Å². The molecular weight excluding hydrogens is 240 g/mol. The summed E-state index contributed by atoms with van der Waals surface area (Å²) in [7, 11) is 5.32. The minimum absolute atomic E-state index is 0.0581. The van der Waals surface area contributed by atoms with Gasteiger partial charge in [-0.25, -0.2) is 5.01 Å². The number of hydrogen-bond donors (Lipinski definition) is 1. The number of amides is 1. The molecular formula is C15H22N2O2. The van der Waals surface area contributed by atoms with E-state index in [1.165, 1.54) is 0 Å². The largest absolute Gasteiger partial charge is 0.496 e. The lowest BCUT2D eigenvalue weighted by Gasteiger charge is -2.23. The molecule has 1 aliphatic carbocycles. The second-order valence-corrected chi connectivity index (χ2v) is 5.58. The number of methoxy groups -OCH3 is 1. The van der Waals surface area contributed by atoms with Crippen molar-refractivity contribution in [2.45, 2.75) is 32.1 Å². The Hall–Kier alpha value is -1.55. The molecule has 0 spiro atoms. The Morgan fingerprint density at radius 3 is 2.42 bits per heavy atom. The second-order valence-electron chi connectivity index (χ2n) is 5.58. The van der Waals surface area contributed by atoms with Crippen molar-refractivity contribution >= 4 is 5.91 Å². The van der Waals surface area contributed by atoms with E-state index in [0.29, 0.717) is 0 Å². The number of carbonyl (C=O) groups excluding carboxylic acids is 1. The number of ether oxygens (including phenoxy) is 1. The zero-order chi connectivity index (χ0) is 14.2. The maximum atomic E-state index is 12.4. The van der Waals surface area contributed by atoms with Crippen LogP contribution in [0.4, 0.5) is 0 Å². The van der Waals surface area contributed by atoms with Crippen LogP contribution < -0.4 is 10.2 Å². The monoisotopic (exact) mass is 262 g/mol. The van der Waals surface area contributed by atoms with Gasteiger partial charge in [-0.05, 0) is 43.9 Å². The van der Waals surface area contributed by atoms with E-state index in [9.17, 15) is 4.79 Å². The van der Waals surface area contributed by atoms with Crippen LogP contribution in [0.5, 0.6) is 5.75 Å². The Balaban J connectivity index is 2.44. The number of hydrazine groups is 1. The molecule has 1 N–H and O–H groups in total. The third-order valence-electron chi connectivity index (χ3n) is 3.65. The Morgan fingerprint density at radius 1 is 1.32 bits per heavy atom. The van der Waals surface area contributed by atoms with Gasteiger partial charge < -0.3 is 4.74 Å². The highest BCUT2D eigenvalue weighted by Crippen LogP contribution is 2.53. The van der Waals surface area contributed by atoms with Gasteiger partial charge in [-0.15, -0.1) is 0 Å². The van der Waals surface area contributed by atoms with Crippen molar-refractivity contribution in [2.75, 3.05) is 21.2 Å². The van der Waals surface area contributed by atoms with Crippen molar-refractivity contribution in [3.05, 3.63) is 28.8 Å². The molecule has 1 saturated carbocycles. The predicted molar refractivity (Wildman–Crippen MR) is 75.2 cm³/mol. The molecule has 0 unspecified atom stereocenters. The van der Waals surface area contributed by atoms with Gasteiger partial charge in [0.15, 0.2) is 0 Å². The molecule has 104 valence electrons. The van der Waals surface area contributed by atoms with Gasteiger partial charge >= 0.3 is 0 Å². The Bertz CT molecular complexity index is 505. The van der Waals surface area contributed by atoms with Crippen LogP contribution in [0.15, 0.2) is 12.1 Å². The molecule has 1 aromatic rings. The lowest BCUT2D eigenvalue weighted by Crippen LogP contribution is -2.43. The fourth-order valence-corrected chi connectivity index (χ4v) is 2.73. The third kappa shape index (κ3) is 2.45. The van der Waals surface area contributed by atoms with Crippen molar-refractivity contribution in [3.63, 3.8) is 0 Å². The number of rotatable bonds is 4. The molecule has 1 amide bonds. The van der Waals surface area contributed by atoms with Crippen molar-refractivity contribution < 1.29 is 9.53 Å². The maximum Gasteiger partial charge on any atom is 0.245 e. The van der Waals surface area contributed by atoms with E-state index in [-0.39, 0.29) is 5.91 Å². The van der Waals surface area contributed by atoms with Gasteiger partial charge in [-0.1, -0.05) is 6.07 Å². The van der Waals surface area contributed by atoms with Crippen molar-refractivity contribution in [1.82, 2.24) is 10.4 Å². The highest BCUT2D eigenvalue weighted by molar-refractivity contribution is 5.92. The molecule has 4 heteroatoms. The van der Waals surface area contributed by atoms with Crippen LogP contribution in [0.1, 0.15) is 29.5 Å². The average molecular weight is 262 g/mol. The molecule has 1 aliphatic rings. The van der Waals surface area contributed by atoms with Crippen LogP contribution in [0.3, 0.4) is 0 Å². The third-order valence-corrected chi connectivity index (χ3v) is 3.65. The molecule has 0 saturated heterocycles. The van der Waals surface area contributed by atoms with E-state index in [0.717, 1.165) is 35.3 Å². The smallest absolute Gasteiger partial charge is 0.245 e. The van der Waals surface area contributed by atoms with E-state index >= 15 is 0 Å². The Labute approximate surface area is 114 Å². The van der Waals surface area contributed by atoms with Crippen LogP contribution in [-0.4, -0.2) is 32.1 Å². The number of aryl methyl sites for hydroxylation is 2. The fraction of sp³-hybridized carbons (Fsp3) is 0.533. The molecule has 0 atom stereocenters. The first-order valence-corrected chi connectivity index (χ1v) is 6.55. The summed E-state index contributed by atoms with van der Waals surface area (Å²) in [5.74, 6) is 0.881. The standard InChI is InChI=1S/C15H22N2O2/c1-10-8-11(2)13(12(9-10)19-5)15(6-7-15)14(18)16-17(3)4/h8-9H,6-7H2,1-5H3,(H,16,18). The molecule has 0 radical (unpaired) electrons. The predicted octanol–water partition coefficient (Wildman–Crippen LogP) is 1.94. The normalized spacial score (nSPS) is 16.3. The molecule has 1 aromatic carbocycles. The minimum atomic E-state index is -0.409. The summed E-state index contributed by atoms with van der Waals surface area (Å²) in [5.41, 5.74) is 5.79. The van der Waals surface area contributed by atoms with Crippen LogP contribution >= 0.6 is 0 Å². The van der Waals surface area contributed by atoms with E-state index < -0.39 is 5.41 Å². The average Bonchev–Trinajstić information content (AvgIpc) is 3.08. The summed E-state index contributed by atoms with van der Waals surface area (Å²) in [6.07, 6.45) is 1.76. The molecule has 2 rings (SSSR count). The summed E-state index contributed by atoms with van der Waals surface area (Å²) in [6.45, 7) is 4.09. The van der Waals surface area contributed by atoms with Gasteiger partial charge in [0.2, 0.25) is 5.91 Å². The molecule has 19 heavy (non-hydrogen) atoms. The lowest BCUT2D eigenvalue weighted by atomic mass is 9.89. The van der Waals surface area contributed by atoms with Crippen LogP contribution in [0.2, 0.25) is 0 Å². The lowest BCUT2D eigenvalue weighted by molar-refractivity contribution is -0.127. The highest BCUT2D eigenvalue weighted by Gasteiger charge is 2.53. The topological polar surface area (TPSA) is 41.6 Å². The summed E-state index contributed by atoms with van der Waals surface area (Å²) < 4.78 is 5.49. The highest BCUT2D eigenvalue weighted by atomic mass is 16.5. The maximum absolute atomic E-state index is 12.4. The zero-order valence-corrected chi connectivity index (χ0v) is 12.3. The Morgan fingerprint density at radius 2 is 1.95 bits per heavy atom. The SMILES string of the molecule is COc1cc(C)cc(C)c1C1(C(=O)NN(C)C)CC1. The first kappa shape index (κ1) is 13.9. The fourth-order valence-electron chi connectivity index (χ4n) is 2.73. The van der Waals surface area contributed by atoms with E-state index in [2.05, 4.69) is 11.5 Å². The second kappa shape index (κ2) is 4.85. The summed E-state index contributed by atoms with van der Waals surface area (Å²) >= 11 is 0. The summed E-state index contributed by atoms with van der Waals surface area (Å²) in [4.78, 5) is 12.4. The van der Waals surface area contributed by atoms with Gasteiger partial charge in [0.1, 0.15) is 5.75 Å². The van der Waals surface area contributed by atoms with E-state index in [1.807, 2.05) is 34.0 Å². The first-order valence-electron chi connectivity index (χ1n) is 6.55. The van der Waals surface area contributed by atoms with Gasteiger partial charge in [0.05, 0.1) is 12.5 Å². The van der Waals surface area contributed by atoms with Crippen molar-refractivity contribution in [3.8, 4) is 5.75 Å². The molecule has 0 heterocycles. The molecule has 0 bridgehead atoms.